The third kappa shape index (κ3) is 3.08. The van der Waals surface area contributed by atoms with Gasteiger partial charge in [0.25, 0.3) is 0 Å². The quantitative estimate of drug-likeness (QED) is 0.668. The molecular formula is C10H18FNO. The average Bonchev–Trinajstić information content (AvgIpc) is 2.15. The Bertz CT molecular complexity index is 182. The lowest BCUT2D eigenvalue weighted by atomic mass is 9.94. The van der Waals surface area contributed by atoms with E-state index in [0.29, 0.717) is 13.2 Å². The van der Waals surface area contributed by atoms with E-state index in [9.17, 15) is 4.39 Å². The number of hydrogen-bond acceptors (Lipinski definition) is 2. The number of halogens is 1. The Balaban J connectivity index is 2.45. The van der Waals surface area contributed by atoms with Crippen molar-refractivity contribution < 1.29 is 9.13 Å². The van der Waals surface area contributed by atoms with Gasteiger partial charge >= 0.3 is 0 Å². The predicted octanol–water partition coefficient (Wildman–Crippen LogP) is 1.83. The molecule has 1 heterocycles. The van der Waals surface area contributed by atoms with Crippen LogP contribution in [0.25, 0.3) is 0 Å². The minimum Gasteiger partial charge on any atom is -0.381 e. The minimum atomic E-state index is 0.253. The van der Waals surface area contributed by atoms with Crippen molar-refractivity contribution in [2.75, 3.05) is 33.4 Å². The summed E-state index contributed by atoms with van der Waals surface area (Å²) in [4.78, 5) is 2.22. The van der Waals surface area contributed by atoms with E-state index in [-0.39, 0.29) is 5.92 Å². The predicted molar refractivity (Wildman–Crippen MR) is 51.3 cm³/mol. The molecule has 0 aromatic heterocycles. The molecule has 0 spiro atoms. The highest BCUT2D eigenvalue weighted by Crippen LogP contribution is 2.22. The van der Waals surface area contributed by atoms with Crippen molar-refractivity contribution in [3.8, 4) is 0 Å². The van der Waals surface area contributed by atoms with Gasteiger partial charge in [-0.05, 0) is 26.0 Å². The summed E-state index contributed by atoms with van der Waals surface area (Å²) in [5.41, 5.74) is 0.909. The maximum Gasteiger partial charge on any atom is 0.0863 e. The molecule has 0 aromatic carbocycles. The summed E-state index contributed by atoms with van der Waals surface area (Å²) >= 11 is 0. The molecule has 1 aliphatic rings. The van der Waals surface area contributed by atoms with E-state index >= 15 is 0 Å². The highest BCUT2D eigenvalue weighted by molar-refractivity contribution is 5.07. The number of hydrogen-bond donors (Lipinski definition) is 0. The van der Waals surface area contributed by atoms with Gasteiger partial charge in [-0.3, -0.25) is 0 Å². The van der Waals surface area contributed by atoms with Crippen molar-refractivity contribution in [3.63, 3.8) is 0 Å². The zero-order valence-electron chi connectivity index (χ0n) is 8.42. The van der Waals surface area contributed by atoms with Crippen LogP contribution in [0.15, 0.2) is 11.9 Å². The van der Waals surface area contributed by atoms with Crippen LogP contribution < -0.4 is 0 Å². The summed E-state index contributed by atoms with van der Waals surface area (Å²) in [6, 6.07) is 0. The van der Waals surface area contributed by atoms with Crippen molar-refractivity contribution in [3.05, 3.63) is 11.9 Å². The summed E-state index contributed by atoms with van der Waals surface area (Å²) in [6.07, 6.45) is 1.60. The van der Waals surface area contributed by atoms with Gasteiger partial charge in [0, 0.05) is 25.6 Å². The lowest BCUT2D eigenvalue weighted by Gasteiger charge is -2.31. The van der Waals surface area contributed by atoms with Gasteiger partial charge in [-0.15, -0.1) is 0 Å². The van der Waals surface area contributed by atoms with Gasteiger partial charge in [0.1, 0.15) is 0 Å². The maximum atomic E-state index is 12.4. The molecule has 2 nitrogen and oxygen atoms in total. The molecule has 1 saturated heterocycles. The number of piperidine rings is 1. The summed E-state index contributed by atoms with van der Waals surface area (Å²) < 4.78 is 17.8. The van der Waals surface area contributed by atoms with E-state index < -0.39 is 0 Å². The van der Waals surface area contributed by atoms with Crippen LogP contribution in [0.1, 0.15) is 13.3 Å². The molecule has 0 bridgehead atoms. The SMILES string of the molecule is CCOCC1CN(C)CC/C1=C\F. The fraction of sp³-hybridized carbons (Fsp3) is 0.800. The van der Waals surface area contributed by atoms with Gasteiger partial charge < -0.3 is 9.64 Å². The molecule has 1 rings (SSSR count). The summed E-state index contributed by atoms with van der Waals surface area (Å²) in [5, 5.41) is 0. The summed E-state index contributed by atoms with van der Waals surface area (Å²) in [6.45, 7) is 5.19. The third-order valence-electron chi connectivity index (χ3n) is 2.50. The molecule has 13 heavy (non-hydrogen) atoms. The smallest absolute Gasteiger partial charge is 0.0863 e. The Labute approximate surface area is 79.4 Å². The normalized spacial score (nSPS) is 28.2. The number of ether oxygens (including phenoxy) is 1. The summed E-state index contributed by atoms with van der Waals surface area (Å²) in [7, 11) is 2.06. The van der Waals surface area contributed by atoms with Gasteiger partial charge in [0.2, 0.25) is 0 Å². The first-order valence-corrected chi connectivity index (χ1v) is 4.83. The first-order chi connectivity index (χ1) is 6.27. The fourth-order valence-corrected chi connectivity index (χ4v) is 1.67. The van der Waals surface area contributed by atoms with E-state index in [0.717, 1.165) is 31.4 Å². The average molecular weight is 187 g/mol. The van der Waals surface area contributed by atoms with Crippen LogP contribution in [0.3, 0.4) is 0 Å². The van der Waals surface area contributed by atoms with Crippen LogP contribution in [0.4, 0.5) is 4.39 Å². The molecule has 1 aliphatic heterocycles. The van der Waals surface area contributed by atoms with Gasteiger partial charge in [-0.1, -0.05) is 0 Å². The van der Waals surface area contributed by atoms with Crippen LogP contribution in [0, 0.1) is 5.92 Å². The topological polar surface area (TPSA) is 12.5 Å². The molecule has 76 valence electrons. The van der Waals surface area contributed by atoms with E-state index in [1.807, 2.05) is 6.92 Å². The minimum absolute atomic E-state index is 0.253. The van der Waals surface area contributed by atoms with Crippen LogP contribution in [-0.4, -0.2) is 38.3 Å². The second kappa shape index (κ2) is 5.35. The molecule has 1 atom stereocenters. The Morgan fingerprint density at radius 2 is 2.46 bits per heavy atom. The molecule has 0 N–H and O–H groups in total. The second-order valence-corrected chi connectivity index (χ2v) is 3.55. The van der Waals surface area contributed by atoms with Crippen molar-refractivity contribution in [1.82, 2.24) is 4.90 Å². The molecule has 0 aromatic rings. The van der Waals surface area contributed by atoms with Gasteiger partial charge in [0.05, 0.1) is 12.9 Å². The van der Waals surface area contributed by atoms with Gasteiger partial charge in [-0.2, -0.15) is 0 Å². The first-order valence-electron chi connectivity index (χ1n) is 4.83. The van der Waals surface area contributed by atoms with Crippen LogP contribution >= 0.6 is 0 Å². The molecule has 0 amide bonds. The monoisotopic (exact) mass is 187 g/mol. The van der Waals surface area contributed by atoms with Crippen molar-refractivity contribution in [1.29, 1.82) is 0 Å². The van der Waals surface area contributed by atoms with Crippen LogP contribution in [-0.2, 0) is 4.74 Å². The Hall–Kier alpha value is -0.410. The fourth-order valence-electron chi connectivity index (χ4n) is 1.67. The van der Waals surface area contributed by atoms with E-state index in [4.69, 9.17) is 4.74 Å². The molecule has 0 saturated carbocycles. The first kappa shape index (κ1) is 10.7. The largest absolute Gasteiger partial charge is 0.381 e. The van der Waals surface area contributed by atoms with Crippen molar-refractivity contribution in [2.24, 2.45) is 5.92 Å². The molecule has 1 fully saturated rings. The van der Waals surface area contributed by atoms with Crippen molar-refractivity contribution >= 4 is 0 Å². The Morgan fingerprint density at radius 3 is 3.08 bits per heavy atom. The van der Waals surface area contributed by atoms with Crippen LogP contribution in [0.2, 0.25) is 0 Å². The molecule has 0 radical (unpaired) electrons. The molecule has 0 aliphatic carbocycles. The van der Waals surface area contributed by atoms with Gasteiger partial charge in [-0.25, -0.2) is 4.39 Å². The molecular weight excluding hydrogens is 169 g/mol. The van der Waals surface area contributed by atoms with E-state index in [2.05, 4.69) is 11.9 Å². The lowest BCUT2D eigenvalue weighted by Crippen LogP contribution is -2.35. The van der Waals surface area contributed by atoms with E-state index in [1.54, 1.807) is 0 Å². The second-order valence-electron chi connectivity index (χ2n) is 3.55. The van der Waals surface area contributed by atoms with Gasteiger partial charge in [0.15, 0.2) is 0 Å². The zero-order valence-corrected chi connectivity index (χ0v) is 8.42. The molecule has 3 heteroatoms. The van der Waals surface area contributed by atoms with Crippen molar-refractivity contribution in [2.45, 2.75) is 13.3 Å². The molecule has 1 unspecified atom stereocenters. The number of rotatable bonds is 3. The summed E-state index contributed by atoms with van der Waals surface area (Å²) in [5.74, 6) is 0.253. The highest BCUT2D eigenvalue weighted by atomic mass is 19.1. The Kier molecular flexibility index (Phi) is 4.39. The number of nitrogens with zero attached hydrogens (tertiary/aromatic N) is 1. The zero-order chi connectivity index (χ0) is 9.68. The Morgan fingerprint density at radius 1 is 1.69 bits per heavy atom. The lowest BCUT2D eigenvalue weighted by molar-refractivity contribution is 0.0963. The maximum absolute atomic E-state index is 12.4. The van der Waals surface area contributed by atoms with E-state index in [1.165, 1.54) is 0 Å². The third-order valence-corrected chi connectivity index (χ3v) is 2.50. The van der Waals surface area contributed by atoms with Crippen LogP contribution in [0.5, 0.6) is 0 Å². The number of likely N-dealkylation sites (tertiary alicyclic amines) is 1. The standard InChI is InChI=1S/C10H18FNO/c1-3-13-8-10-7-12(2)5-4-9(10)6-11/h6,10H,3-5,7-8H2,1-2H3/b9-6+. The highest BCUT2D eigenvalue weighted by Gasteiger charge is 2.22.